The minimum atomic E-state index is -0.737. The van der Waals surface area contributed by atoms with E-state index in [9.17, 15) is 9.59 Å². The van der Waals surface area contributed by atoms with Crippen LogP contribution in [0.4, 0.5) is 0 Å². The minimum Gasteiger partial charge on any atom is -0.463 e. The Balaban J connectivity index is 1.97. The van der Waals surface area contributed by atoms with E-state index >= 15 is 0 Å². The van der Waals surface area contributed by atoms with Crippen molar-refractivity contribution in [1.82, 2.24) is 9.78 Å². The number of aromatic nitrogens is 2. The van der Waals surface area contributed by atoms with Crippen LogP contribution >= 0.6 is 11.6 Å². The summed E-state index contributed by atoms with van der Waals surface area (Å²) in [5.41, 5.74) is 0.611. The van der Waals surface area contributed by atoms with E-state index in [2.05, 4.69) is 5.10 Å². The Kier molecular flexibility index (Phi) is 4.12. The number of rotatable bonds is 4. The monoisotopic (exact) mass is 328 g/mol. The highest BCUT2D eigenvalue weighted by Gasteiger charge is 2.20. The van der Waals surface area contributed by atoms with Crippen LogP contribution in [0, 0.1) is 0 Å². The van der Waals surface area contributed by atoms with Gasteiger partial charge in [-0.15, -0.1) is 0 Å². The van der Waals surface area contributed by atoms with Crippen molar-refractivity contribution in [2.24, 2.45) is 0 Å². The van der Waals surface area contributed by atoms with Crippen LogP contribution in [0.3, 0.4) is 0 Å². The van der Waals surface area contributed by atoms with Crippen molar-refractivity contribution in [2.45, 2.75) is 13.0 Å². The molecule has 0 aliphatic carbocycles. The summed E-state index contributed by atoms with van der Waals surface area (Å²) in [7, 11) is 0. The Morgan fingerprint density at radius 1 is 1.17 bits per heavy atom. The van der Waals surface area contributed by atoms with Gasteiger partial charge in [0.2, 0.25) is 0 Å². The zero-order valence-electron chi connectivity index (χ0n) is 12.3. The number of benzene rings is 1. The molecule has 3 rings (SSSR count). The maximum absolute atomic E-state index is 12.5. The van der Waals surface area contributed by atoms with Crippen LogP contribution < -0.4 is 5.56 Å². The van der Waals surface area contributed by atoms with Crippen molar-refractivity contribution in [3.63, 3.8) is 0 Å². The third kappa shape index (κ3) is 3.10. The van der Waals surface area contributed by atoms with Crippen molar-refractivity contribution < 1.29 is 9.21 Å². The molecule has 0 radical (unpaired) electrons. The highest BCUT2D eigenvalue weighted by atomic mass is 35.5. The number of carbonyl (C=O) groups is 1. The van der Waals surface area contributed by atoms with E-state index in [4.69, 9.17) is 16.0 Å². The van der Waals surface area contributed by atoms with Gasteiger partial charge in [-0.25, -0.2) is 4.68 Å². The lowest BCUT2D eigenvalue weighted by Crippen LogP contribution is -2.30. The second kappa shape index (κ2) is 6.22. The van der Waals surface area contributed by atoms with Crippen LogP contribution in [0.15, 0.2) is 64.0 Å². The number of carbonyl (C=O) groups excluding carboxylic acids is 1. The third-order valence-electron chi connectivity index (χ3n) is 3.47. The van der Waals surface area contributed by atoms with Crippen molar-refractivity contribution >= 4 is 17.4 Å². The van der Waals surface area contributed by atoms with Gasteiger partial charge in [-0.05, 0) is 49.4 Å². The van der Waals surface area contributed by atoms with Gasteiger partial charge in [0, 0.05) is 16.7 Å². The van der Waals surface area contributed by atoms with Gasteiger partial charge in [-0.3, -0.25) is 9.59 Å². The lowest BCUT2D eigenvalue weighted by atomic mass is 10.1. The third-order valence-corrected chi connectivity index (χ3v) is 3.73. The zero-order chi connectivity index (χ0) is 16.4. The Morgan fingerprint density at radius 2 is 1.91 bits per heavy atom. The van der Waals surface area contributed by atoms with E-state index in [1.54, 1.807) is 49.4 Å². The summed E-state index contributed by atoms with van der Waals surface area (Å²) in [5, 5.41) is 4.79. The Bertz CT molecular complexity index is 883. The molecule has 0 N–H and O–H groups in total. The number of nitrogens with zero attached hydrogens (tertiary/aromatic N) is 2. The first-order chi connectivity index (χ1) is 11.1. The van der Waals surface area contributed by atoms with Gasteiger partial charge < -0.3 is 4.42 Å². The van der Waals surface area contributed by atoms with Crippen LogP contribution in [0.1, 0.15) is 23.3 Å². The molecule has 2 heterocycles. The molecule has 3 aromatic rings. The first-order valence-corrected chi connectivity index (χ1v) is 7.37. The molecule has 0 bridgehead atoms. The summed E-state index contributed by atoms with van der Waals surface area (Å²) >= 11 is 5.83. The molecule has 116 valence electrons. The molecule has 5 nitrogen and oxygen atoms in total. The first kappa shape index (κ1) is 15.2. The largest absolute Gasteiger partial charge is 0.463 e. The molecule has 0 aliphatic rings. The molecule has 0 saturated carbocycles. The number of hydrogen-bond donors (Lipinski definition) is 0. The number of ketones is 1. The Labute approximate surface area is 137 Å². The fourth-order valence-electron chi connectivity index (χ4n) is 2.22. The Morgan fingerprint density at radius 3 is 2.57 bits per heavy atom. The lowest BCUT2D eigenvalue weighted by molar-refractivity contribution is 0.0925. The van der Waals surface area contributed by atoms with Crippen LogP contribution in [0.2, 0.25) is 5.02 Å². The molecule has 0 amide bonds. The van der Waals surface area contributed by atoms with Crippen molar-refractivity contribution in [2.75, 3.05) is 0 Å². The first-order valence-electron chi connectivity index (χ1n) is 7.00. The van der Waals surface area contributed by atoms with Gasteiger partial charge in [0.05, 0.1) is 6.26 Å². The van der Waals surface area contributed by atoms with Crippen LogP contribution in [-0.4, -0.2) is 15.6 Å². The van der Waals surface area contributed by atoms with Gasteiger partial charge in [-0.2, -0.15) is 5.10 Å². The van der Waals surface area contributed by atoms with E-state index in [0.29, 0.717) is 22.0 Å². The average molecular weight is 329 g/mol. The standard InChI is InChI=1S/C17H13ClN2O3/c1-11(17(22)12-4-6-13(18)7-5-12)20-16(21)9-8-14(19-20)15-3-2-10-23-15/h2-11H,1H3. The molecule has 1 atom stereocenters. The van der Waals surface area contributed by atoms with Gasteiger partial charge >= 0.3 is 0 Å². The quantitative estimate of drug-likeness (QED) is 0.686. The summed E-state index contributed by atoms with van der Waals surface area (Å²) in [5.74, 6) is 0.317. The number of halogens is 1. The van der Waals surface area contributed by atoms with E-state index in [1.165, 1.54) is 12.3 Å². The molecule has 2 aromatic heterocycles. The molecule has 23 heavy (non-hydrogen) atoms. The van der Waals surface area contributed by atoms with Gasteiger partial charge in [0.15, 0.2) is 11.5 Å². The maximum Gasteiger partial charge on any atom is 0.267 e. The van der Waals surface area contributed by atoms with Crippen LogP contribution in [-0.2, 0) is 0 Å². The van der Waals surface area contributed by atoms with E-state index in [0.717, 1.165) is 4.68 Å². The molecular formula is C17H13ClN2O3. The fraction of sp³-hybridized carbons (Fsp3) is 0.118. The fourth-order valence-corrected chi connectivity index (χ4v) is 2.35. The molecule has 6 heteroatoms. The zero-order valence-corrected chi connectivity index (χ0v) is 13.0. The highest BCUT2D eigenvalue weighted by Crippen LogP contribution is 2.18. The normalized spacial score (nSPS) is 12.1. The molecule has 1 unspecified atom stereocenters. The van der Waals surface area contributed by atoms with Crippen molar-refractivity contribution in [3.8, 4) is 11.5 Å². The summed E-state index contributed by atoms with van der Waals surface area (Å²) in [6, 6.07) is 12.2. The summed E-state index contributed by atoms with van der Waals surface area (Å²) < 4.78 is 6.44. The van der Waals surface area contributed by atoms with Gasteiger partial charge in [0.1, 0.15) is 11.7 Å². The summed E-state index contributed by atoms with van der Waals surface area (Å²) in [4.78, 5) is 24.6. The predicted octanol–water partition coefficient (Wildman–Crippen LogP) is 3.60. The molecular weight excluding hydrogens is 316 g/mol. The molecule has 0 fully saturated rings. The molecule has 0 spiro atoms. The second-order valence-electron chi connectivity index (χ2n) is 5.03. The number of Topliss-reactive ketones (excluding diaryl/α,β-unsaturated/α-hetero) is 1. The van der Waals surface area contributed by atoms with Gasteiger partial charge in [-0.1, -0.05) is 11.6 Å². The summed E-state index contributed by atoms with van der Waals surface area (Å²) in [6.07, 6.45) is 1.52. The minimum absolute atomic E-state index is 0.215. The van der Waals surface area contributed by atoms with Gasteiger partial charge in [0.25, 0.3) is 5.56 Å². The lowest BCUT2D eigenvalue weighted by Gasteiger charge is -2.13. The number of furan rings is 1. The topological polar surface area (TPSA) is 65.1 Å². The van der Waals surface area contributed by atoms with E-state index in [1.807, 2.05) is 0 Å². The maximum atomic E-state index is 12.5. The molecule has 0 saturated heterocycles. The number of hydrogen-bond acceptors (Lipinski definition) is 4. The molecule has 1 aromatic carbocycles. The van der Waals surface area contributed by atoms with Crippen molar-refractivity contribution in [3.05, 3.63) is 75.7 Å². The second-order valence-corrected chi connectivity index (χ2v) is 5.46. The SMILES string of the molecule is CC(C(=O)c1ccc(Cl)cc1)n1nc(-c2ccco2)ccc1=O. The highest BCUT2D eigenvalue weighted by molar-refractivity contribution is 6.30. The summed E-state index contributed by atoms with van der Waals surface area (Å²) in [6.45, 7) is 1.64. The Hall–Kier alpha value is -2.66. The smallest absolute Gasteiger partial charge is 0.267 e. The molecule has 0 aliphatic heterocycles. The average Bonchev–Trinajstić information content (AvgIpc) is 3.09. The van der Waals surface area contributed by atoms with E-state index < -0.39 is 6.04 Å². The van der Waals surface area contributed by atoms with Crippen LogP contribution in [0.5, 0.6) is 0 Å². The predicted molar refractivity (Wildman–Crippen MR) is 86.7 cm³/mol. The van der Waals surface area contributed by atoms with Crippen LogP contribution in [0.25, 0.3) is 11.5 Å². The van der Waals surface area contributed by atoms with E-state index in [-0.39, 0.29) is 11.3 Å². The van der Waals surface area contributed by atoms with Crippen molar-refractivity contribution in [1.29, 1.82) is 0 Å².